The van der Waals surface area contributed by atoms with Crippen molar-refractivity contribution in [3.63, 3.8) is 0 Å². The van der Waals surface area contributed by atoms with E-state index < -0.39 is 0 Å². The first-order chi connectivity index (χ1) is 8.85. The van der Waals surface area contributed by atoms with Crippen LogP contribution in [0.3, 0.4) is 0 Å². The minimum Gasteiger partial charge on any atom is -0.364 e. The smallest absolute Gasteiger partial charge is 0.154 e. The van der Waals surface area contributed by atoms with Crippen LogP contribution < -0.4 is 5.32 Å². The fraction of sp³-hybridized carbons (Fsp3) is 0.143. The van der Waals surface area contributed by atoms with Crippen molar-refractivity contribution < 1.29 is 0 Å². The van der Waals surface area contributed by atoms with Crippen molar-refractivity contribution in [1.29, 1.82) is 0 Å². The van der Waals surface area contributed by atoms with E-state index in [-0.39, 0.29) is 0 Å². The van der Waals surface area contributed by atoms with Crippen LogP contribution in [-0.4, -0.2) is 21.5 Å². The van der Waals surface area contributed by atoms with Gasteiger partial charge in [0.05, 0.1) is 5.52 Å². The van der Waals surface area contributed by atoms with Crippen LogP contribution in [0, 0.1) is 0 Å². The number of anilines is 1. The monoisotopic (exact) mass is 240 g/mol. The molecule has 92 valence electrons. The Hall–Kier alpha value is -2.36. The average molecular weight is 240 g/mol. The Morgan fingerprint density at radius 3 is 3.17 bits per heavy atom. The van der Waals surface area contributed by atoms with Crippen LogP contribution in [-0.2, 0) is 0 Å². The van der Waals surface area contributed by atoms with E-state index >= 15 is 0 Å². The fourth-order valence-corrected chi connectivity index (χ4v) is 1.73. The van der Waals surface area contributed by atoms with Crippen molar-refractivity contribution in [2.45, 2.75) is 6.92 Å². The van der Waals surface area contributed by atoms with Crippen LogP contribution in [0.15, 0.2) is 55.0 Å². The Labute approximate surface area is 106 Å². The lowest BCUT2D eigenvalue weighted by atomic mass is 10.2. The van der Waals surface area contributed by atoms with E-state index in [0.717, 1.165) is 22.4 Å². The highest BCUT2D eigenvalue weighted by Gasteiger charge is 2.03. The molecule has 2 N–H and O–H groups in total. The molecule has 2 heterocycles. The van der Waals surface area contributed by atoms with Gasteiger partial charge >= 0.3 is 0 Å². The molecule has 0 unspecified atom stereocenters. The number of nitrogens with one attached hydrogen (secondary N) is 2. The molecule has 4 heteroatoms. The molecule has 4 nitrogen and oxygen atoms in total. The largest absolute Gasteiger partial charge is 0.364 e. The van der Waals surface area contributed by atoms with Gasteiger partial charge in [-0.25, -0.2) is 9.97 Å². The molecular weight excluding hydrogens is 224 g/mol. The van der Waals surface area contributed by atoms with E-state index in [4.69, 9.17) is 0 Å². The van der Waals surface area contributed by atoms with Crippen LogP contribution in [0.2, 0.25) is 0 Å². The van der Waals surface area contributed by atoms with Gasteiger partial charge in [-0.3, -0.25) is 0 Å². The maximum Gasteiger partial charge on any atom is 0.154 e. The minimum absolute atomic E-state index is 0.696. The van der Waals surface area contributed by atoms with Crippen LogP contribution in [0.5, 0.6) is 0 Å². The summed E-state index contributed by atoms with van der Waals surface area (Å²) in [4.78, 5) is 11.5. The maximum atomic E-state index is 4.24. The second kappa shape index (κ2) is 5.82. The number of hydrogen-bond acceptors (Lipinski definition) is 3. The van der Waals surface area contributed by atoms with Crippen LogP contribution in [0.1, 0.15) is 6.92 Å². The summed E-state index contributed by atoms with van der Waals surface area (Å²) in [6, 6.07) is 1.93. The standard InChI is InChI=1S/C14H16N4/c1-3-5-11(6-4-2)9-16-14-13-12(7-8-15-13)17-10-18-14/h3-8,10,15H,1,9H2,2H3,(H,16,17,18)/b6-4-,11-5+. The van der Waals surface area contributed by atoms with Crippen molar-refractivity contribution in [3.05, 3.63) is 55.0 Å². The molecular formula is C14H16N4. The Morgan fingerprint density at radius 1 is 1.50 bits per heavy atom. The van der Waals surface area contributed by atoms with Gasteiger partial charge in [-0.15, -0.1) is 0 Å². The molecule has 18 heavy (non-hydrogen) atoms. The zero-order chi connectivity index (χ0) is 12.8. The molecule has 0 fully saturated rings. The van der Waals surface area contributed by atoms with Gasteiger partial charge in [0.15, 0.2) is 5.82 Å². The van der Waals surface area contributed by atoms with E-state index in [1.54, 1.807) is 12.4 Å². The second-order valence-electron chi connectivity index (χ2n) is 3.79. The Morgan fingerprint density at radius 2 is 2.39 bits per heavy atom. The van der Waals surface area contributed by atoms with Crippen molar-refractivity contribution >= 4 is 16.9 Å². The third kappa shape index (κ3) is 2.66. The third-order valence-electron chi connectivity index (χ3n) is 2.52. The lowest BCUT2D eigenvalue weighted by Gasteiger charge is -2.06. The molecule has 0 radical (unpaired) electrons. The molecule has 2 aromatic rings. The number of H-pyrrole nitrogens is 1. The van der Waals surface area contributed by atoms with Gasteiger partial charge in [0.25, 0.3) is 0 Å². The Balaban J connectivity index is 2.16. The van der Waals surface area contributed by atoms with Gasteiger partial charge in [0, 0.05) is 12.7 Å². The molecule has 0 aromatic carbocycles. The molecule has 0 amide bonds. The van der Waals surface area contributed by atoms with Gasteiger partial charge in [0.2, 0.25) is 0 Å². The van der Waals surface area contributed by atoms with Gasteiger partial charge in [-0.05, 0) is 18.6 Å². The molecule has 0 aliphatic heterocycles. The molecule has 0 spiro atoms. The van der Waals surface area contributed by atoms with E-state index in [0.29, 0.717) is 6.54 Å². The first kappa shape index (κ1) is 12.1. The van der Waals surface area contributed by atoms with Crippen LogP contribution in [0.25, 0.3) is 11.0 Å². The molecule has 0 aliphatic rings. The summed E-state index contributed by atoms with van der Waals surface area (Å²) < 4.78 is 0. The highest BCUT2D eigenvalue weighted by Crippen LogP contribution is 2.16. The summed E-state index contributed by atoms with van der Waals surface area (Å²) in [5, 5.41) is 3.29. The Kier molecular flexibility index (Phi) is 3.91. The quantitative estimate of drug-likeness (QED) is 0.790. The number of aromatic nitrogens is 3. The van der Waals surface area contributed by atoms with Crippen molar-refractivity contribution in [2.24, 2.45) is 0 Å². The van der Waals surface area contributed by atoms with E-state index in [1.807, 2.05) is 37.4 Å². The number of allylic oxidation sites excluding steroid dienone is 3. The number of hydrogen-bond donors (Lipinski definition) is 2. The summed E-state index contributed by atoms with van der Waals surface area (Å²) in [6.07, 6.45) is 11.2. The summed E-state index contributed by atoms with van der Waals surface area (Å²) >= 11 is 0. The van der Waals surface area contributed by atoms with E-state index in [1.165, 1.54) is 0 Å². The summed E-state index contributed by atoms with van der Waals surface area (Å²) in [7, 11) is 0. The zero-order valence-electron chi connectivity index (χ0n) is 10.4. The highest BCUT2D eigenvalue weighted by atomic mass is 15.0. The summed E-state index contributed by atoms with van der Waals surface area (Å²) in [5.41, 5.74) is 2.98. The molecule has 2 rings (SSSR count). The van der Waals surface area contributed by atoms with E-state index in [9.17, 15) is 0 Å². The predicted molar refractivity (Wildman–Crippen MR) is 75.5 cm³/mol. The number of fused-ring (bicyclic) bond motifs is 1. The molecule has 0 aliphatic carbocycles. The maximum absolute atomic E-state index is 4.24. The van der Waals surface area contributed by atoms with Crippen LogP contribution in [0.4, 0.5) is 5.82 Å². The molecule has 0 saturated heterocycles. The number of rotatable bonds is 5. The first-order valence-corrected chi connectivity index (χ1v) is 5.81. The van der Waals surface area contributed by atoms with Gasteiger partial charge < -0.3 is 10.3 Å². The first-order valence-electron chi connectivity index (χ1n) is 5.81. The zero-order valence-corrected chi connectivity index (χ0v) is 10.4. The van der Waals surface area contributed by atoms with Gasteiger partial charge in [-0.2, -0.15) is 0 Å². The number of nitrogens with zero attached hydrogens (tertiary/aromatic N) is 2. The van der Waals surface area contributed by atoms with Crippen molar-refractivity contribution in [2.75, 3.05) is 11.9 Å². The topological polar surface area (TPSA) is 53.6 Å². The normalized spacial score (nSPS) is 12.2. The molecule has 0 saturated carbocycles. The Bertz CT molecular complexity index is 593. The van der Waals surface area contributed by atoms with E-state index in [2.05, 4.69) is 26.8 Å². The lowest BCUT2D eigenvalue weighted by molar-refractivity contribution is 1.16. The highest BCUT2D eigenvalue weighted by molar-refractivity contribution is 5.85. The van der Waals surface area contributed by atoms with Crippen molar-refractivity contribution in [1.82, 2.24) is 15.0 Å². The summed E-state index contributed by atoms with van der Waals surface area (Å²) in [6.45, 7) is 6.40. The number of aromatic amines is 1. The third-order valence-corrected chi connectivity index (χ3v) is 2.52. The summed E-state index contributed by atoms with van der Waals surface area (Å²) in [5.74, 6) is 0.810. The molecule has 0 atom stereocenters. The predicted octanol–water partition coefficient (Wildman–Crippen LogP) is 3.06. The van der Waals surface area contributed by atoms with Gasteiger partial charge in [-0.1, -0.05) is 30.9 Å². The van der Waals surface area contributed by atoms with Gasteiger partial charge in [0.1, 0.15) is 11.8 Å². The lowest BCUT2D eigenvalue weighted by Crippen LogP contribution is -2.05. The van der Waals surface area contributed by atoms with Crippen molar-refractivity contribution in [3.8, 4) is 0 Å². The van der Waals surface area contributed by atoms with Crippen LogP contribution >= 0.6 is 0 Å². The SMILES string of the molecule is C=C/C=C(\C=C/C)CNc1ncnc2cc[nH]c12. The second-order valence-corrected chi connectivity index (χ2v) is 3.79. The molecule has 0 bridgehead atoms. The minimum atomic E-state index is 0.696. The average Bonchev–Trinajstić information content (AvgIpc) is 2.85. The fourth-order valence-electron chi connectivity index (χ4n) is 1.73. The molecule has 2 aromatic heterocycles.